The lowest BCUT2D eigenvalue weighted by atomic mass is 9.97. The predicted molar refractivity (Wildman–Crippen MR) is 89.4 cm³/mol. The molecule has 3 nitrogen and oxygen atoms in total. The molecule has 0 radical (unpaired) electrons. The van der Waals surface area contributed by atoms with Crippen molar-refractivity contribution in [3.8, 4) is 0 Å². The summed E-state index contributed by atoms with van der Waals surface area (Å²) in [6.07, 6.45) is 6.60. The van der Waals surface area contributed by atoms with Crippen molar-refractivity contribution < 1.29 is 0 Å². The fourth-order valence-corrected chi connectivity index (χ4v) is 3.96. The molecule has 2 heterocycles. The van der Waals surface area contributed by atoms with Crippen LogP contribution in [-0.4, -0.2) is 48.1 Å². The molecule has 2 aliphatic heterocycles. The van der Waals surface area contributed by atoms with Crippen molar-refractivity contribution in [2.24, 2.45) is 0 Å². The summed E-state index contributed by atoms with van der Waals surface area (Å²) in [5.74, 6) is 0. The highest BCUT2D eigenvalue weighted by atomic mass is 15.3. The van der Waals surface area contributed by atoms with Crippen LogP contribution in [0.1, 0.15) is 38.2 Å². The van der Waals surface area contributed by atoms with Crippen LogP contribution in [0.5, 0.6) is 0 Å². The van der Waals surface area contributed by atoms with Gasteiger partial charge < -0.3 is 5.73 Å². The first kappa shape index (κ1) is 14.9. The molecular formula is C18H29N3. The maximum absolute atomic E-state index is 5.85. The Labute approximate surface area is 129 Å². The number of rotatable bonds is 4. The molecule has 0 aromatic heterocycles. The molecule has 0 aliphatic carbocycles. The molecule has 3 rings (SSSR count). The van der Waals surface area contributed by atoms with Gasteiger partial charge in [0.1, 0.15) is 0 Å². The minimum atomic E-state index is 0.709. The van der Waals surface area contributed by atoms with E-state index in [1.807, 2.05) is 6.07 Å². The highest BCUT2D eigenvalue weighted by Crippen LogP contribution is 2.24. The predicted octanol–water partition coefficient (Wildman–Crippen LogP) is 2.76. The summed E-state index contributed by atoms with van der Waals surface area (Å²) in [5.41, 5.74) is 8.11. The summed E-state index contributed by atoms with van der Waals surface area (Å²) in [4.78, 5) is 5.43. The van der Waals surface area contributed by atoms with Gasteiger partial charge in [-0.05, 0) is 63.4 Å². The van der Waals surface area contributed by atoms with Crippen molar-refractivity contribution in [2.45, 2.75) is 51.1 Å². The summed E-state index contributed by atoms with van der Waals surface area (Å²) in [6.45, 7) is 7.48. The number of anilines is 1. The molecule has 3 heteroatoms. The number of piperidine rings is 1. The van der Waals surface area contributed by atoms with Gasteiger partial charge in [0, 0.05) is 30.9 Å². The van der Waals surface area contributed by atoms with Crippen molar-refractivity contribution in [3.05, 3.63) is 29.8 Å². The number of fused-ring (bicyclic) bond motifs is 1. The van der Waals surface area contributed by atoms with Crippen molar-refractivity contribution in [1.29, 1.82) is 0 Å². The Hall–Kier alpha value is -1.06. The average molecular weight is 287 g/mol. The summed E-state index contributed by atoms with van der Waals surface area (Å²) in [6, 6.07) is 9.87. The number of piperazine rings is 1. The standard InChI is InChI=1S/C18H29N3/c1-15-13-21-10-3-2-9-18(21)14-20(15)11-5-7-16-6-4-8-17(19)12-16/h4,6,8,12,15,18H,2-3,5,7,9-11,13-14,19H2,1H3. The monoisotopic (exact) mass is 287 g/mol. The maximum Gasteiger partial charge on any atom is 0.0316 e. The lowest BCUT2D eigenvalue weighted by Gasteiger charge is -2.47. The zero-order chi connectivity index (χ0) is 14.7. The zero-order valence-corrected chi connectivity index (χ0v) is 13.3. The van der Waals surface area contributed by atoms with Gasteiger partial charge in [-0.3, -0.25) is 9.80 Å². The molecule has 2 fully saturated rings. The Balaban J connectivity index is 1.48. The van der Waals surface area contributed by atoms with E-state index in [4.69, 9.17) is 5.73 Å². The Morgan fingerprint density at radius 1 is 1.24 bits per heavy atom. The second-order valence-electron chi connectivity index (χ2n) is 6.84. The van der Waals surface area contributed by atoms with Gasteiger partial charge in [-0.15, -0.1) is 0 Å². The smallest absolute Gasteiger partial charge is 0.0316 e. The van der Waals surface area contributed by atoms with E-state index in [0.717, 1.165) is 18.2 Å². The van der Waals surface area contributed by atoms with E-state index < -0.39 is 0 Å². The van der Waals surface area contributed by atoms with Crippen LogP contribution in [0.25, 0.3) is 0 Å². The summed E-state index contributed by atoms with van der Waals surface area (Å²) < 4.78 is 0. The van der Waals surface area contributed by atoms with E-state index in [0.29, 0.717) is 6.04 Å². The molecule has 2 unspecified atom stereocenters. The van der Waals surface area contributed by atoms with Crippen molar-refractivity contribution in [1.82, 2.24) is 9.80 Å². The third-order valence-corrected chi connectivity index (χ3v) is 5.18. The molecule has 116 valence electrons. The SMILES string of the molecule is CC1CN2CCCCC2CN1CCCc1cccc(N)c1. The Kier molecular flexibility index (Phi) is 4.81. The third-order valence-electron chi connectivity index (χ3n) is 5.18. The molecule has 2 saturated heterocycles. The van der Waals surface area contributed by atoms with Crippen LogP contribution in [0.3, 0.4) is 0 Å². The highest BCUT2D eigenvalue weighted by Gasteiger charge is 2.32. The van der Waals surface area contributed by atoms with Crippen molar-refractivity contribution in [2.75, 3.05) is 31.9 Å². The normalized spacial score (nSPS) is 27.5. The lowest BCUT2D eigenvalue weighted by molar-refractivity contribution is 0.0149. The quantitative estimate of drug-likeness (QED) is 0.864. The number of nitrogens with zero attached hydrogens (tertiary/aromatic N) is 2. The number of benzene rings is 1. The second kappa shape index (κ2) is 6.80. The molecule has 0 spiro atoms. The van der Waals surface area contributed by atoms with Gasteiger partial charge in [-0.2, -0.15) is 0 Å². The molecule has 1 aromatic carbocycles. The second-order valence-corrected chi connectivity index (χ2v) is 6.84. The maximum atomic E-state index is 5.85. The minimum absolute atomic E-state index is 0.709. The molecular weight excluding hydrogens is 258 g/mol. The lowest BCUT2D eigenvalue weighted by Crippen LogP contribution is -2.58. The number of aryl methyl sites for hydroxylation is 1. The number of hydrogen-bond donors (Lipinski definition) is 1. The van der Waals surface area contributed by atoms with E-state index >= 15 is 0 Å². The number of nitrogen functional groups attached to an aromatic ring is 1. The largest absolute Gasteiger partial charge is 0.399 e. The average Bonchev–Trinajstić information content (AvgIpc) is 2.48. The molecule has 2 aliphatic rings. The molecule has 0 saturated carbocycles. The molecule has 2 atom stereocenters. The number of nitrogens with two attached hydrogens (primary N) is 1. The Morgan fingerprint density at radius 2 is 2.14 bits per heavy atom. The minimum Gasteiger partial charge on any atom is -0.399 e. The molecule has 0 amide bonds. The van der Waals surface area contributed by atoms with Gasteiger partial charge >= 0.3 is 0 Å². The van der Waals surface area contributed by atoms with Gasteiger partial charge in [0.05, 0.1) is 0 Å². The molecule has 2 N–H and O–H groups in total. The zero-order valence-electron chi connectivity index (χ0n) is 13.3. The fourth-order valence-electron chi connectivity index (χ4n) is 3.96. The Bertz CT molecular complexity index is 460. The molecule has 0 bridgehead atoms. The van der Waals surface area contributed by atoms with E-state index in [-0.39, 0.29) is 0 Å². The van der Waals surface area contributed by atoms with Crippen LogP contribution in [0, 0.1) is 0 Å². The Morgan fingerprint density at radius 3 is 3.00 bits per heavy atom. The molecule has 1 aromatic rings. The van der Waals surface area contributed by atoms with Crippen molar-refractivity contribution >= 4 is 5.69 Å². The van der Waals surface area contributed by atoms with Gasteiger partial charge in [0.15, 0.2) is 0 Å². The number of hydrogen-bond acceptors (Lipinski definition) is 3. The van der Waals surface area contributed by atoms with Crippen LogP contribution < -0.4 is 5.73 Å². The van der Waals surface area contributed by atoms with Gasteiger partial charge in [-0.25, -0.2) is 0 Å². The first-order valence-corrected chi connectivity index (χ1v) is 8.55. The molecule has 21 heavy (non-hydrogen) atoms. The first-order chi connectivity index (χ1) is 10.2. The summed E-state index contributed by atoms with van der Waals surface area (Å²) >= 11 is 0. The van der Waals surface area contributed by atoms with E-state index in [2.05, 4.69) is 34.9 Å². The fraction of sp³-hybridized carbons (Fsp3) is 0.667. The van der Waals surface area contributed by atoms with Crippen LogP contribution >= 0.6 is 0 Å². The van der Waals surface area contributed by atoms with Gasteiger partial charge in [0.2, 0.25) is 0 Å². The van der Waals surface area contributed by atoms with Crippen LogP contribution in [-0.2, 0) is 6.42 Å². The van der Waals surface area contributed by atoms with Gasteiger partial charge in [-0.1, -0.05) is 18.6 Å². The van der Waals surface area contributed by atoms with E-state index in [1.165, 1.54) is 57.4 Å². The summed E-state index contributed by atoms with van der Waals surface area (Å²) in [5, 5.41) is 0. The first-order valence-electron chi connectivity index (χ1n) is 8.55. The third kappa shape index (κ3) is 3.78. The highest BCUT2D eigenvalue weighted by molar-refractivity contribution is 5.40. The van der Waals surface area contributed by atoms with Crippen LogP contribution in [0.2, 0.25) is 0 Å². The summed E-state index contributed by atoms with van der Waals surface area (Å²) in [7, 11) is 0. The van der Waals surface area contributed by atoms with E-state index in [9.17, 15) is 0 Å². The van der Waals surface area contributed by atoms with Gasteiger partial charge in [0.25, 0.3) is 0 Å². The van der Waals surface area contributed by atoms with Crippen LogP contribution in [0.4, 0.5) is 5.69 Å². The van der Waals surface area contributed by atoms with E-state index in [1.54, 1.807) is 0 Å². The topological polar surface area (TPSA) is 32.5 Å². The van der Waals surface area contributed by atoms with Crippen LogP contribution in [0.15, 0.2) is 24.3 Å². The van der Waals surface area contributed by atoms with Crippen molar-refractivity contribution in [3.63, 3.8) is 0 Å².